The molecule has 1 fully saturated rings. The summed E-state index contributed by atoms with van der Waals surface area (Å²) < 4.78 is 0. The summed E-state index contributed by atoms with van der Waals surface area (Å²) in [4.78, 5) is 2.47. The summed E-state index contributed by atoms with van der Waals surface area (Å²) in [5, 5.41) is 12.7. The fourth-order valence-corrected chi connectivity index (χ4v) is 3.19. The lowest BCUT2D eigenvalue weighted by molar-refractivity contribution is 0.225. The minimum absolute atomic E-state index is 0.346. The van der Waals surface area contributed by atoms with Crippen LogP contribution in [0, 0.1) is 17.2 Å². The minimum Gasteiger partial charge on any atom is -0.306 e. The van der Waals surface area contributed by atoms with Gasteiger partial charge in [0.1, 0.15) is 5.54 Å². The molecule has 0 spiro atoms. The molecule has 1 unspecified atom stereocenters. The Morgan fingerprint density at radius 3 is 2.60 bits per heavy atom. The van der Waals surface area contributed by atoms with Crippen LogP contribution in [-0.2, 0) is 0 Å². The summed E-state index contributed by atoms with van der Waals surface area (Å²) in [6.07, 6.45) is 10.2. The van der Waals surface area contributed by atoms with Crippen LogP contribution in [0.15, 0.2) is 0 Å². The van der Waals surface area contributed by atoms with E-state index in [0.717, 1.165) is 38.3 Å². The topological polar surface area (TPSA) is 39.1 Å². The van der Waals surface area contributed by atoms with Crippen molar-refractivity contribution in [3.63, 3.8) is 0 Å². The van der Waals surface area contributed by atoms with E-state index in [1.54, 1.807) is 0 Å². The van der Waals surface area contributed by atoms with Gasteiger partial charge in [-0.3, -0.25) is 5.32 Å². The summed E-state index contributed by atoms with van der Waals surface area (Å²) in [6, 6.07) is 2.44. The molecule has 3 heteroatoms. The van der Waals surface area contributed by atoms with Crippen molar-refractivity contribution in [3.05, 3.63) is 0 Å². The molecule has 1 atom stereocenters. The molecule has 0 heterocycles. The van der Waals surface area contributed by atoms with Crippen LogP contribution < -0.4 is 5.32 Å². The number of nitriles is 1. The predicted octanol–water partition coefficient (Wildman–Crippen LogP) is 3.56. The Morgan fingerprint density at radius 2 is 2.00 bits per heavy atom. The molecule has 3 nitrogen and oxygen atoms in total. The van der Waals surface area contributed by atoms with Crippen molar-refractivity contribution in [2.45, 2.75) is 70.8 Å². The van der Waals surface area contributed by atoms with Crippen LogP contribution in [0.1, 0.15) is 65.2 Å². The molecule has 1 rings (SSSR count). The van der Waals surface area contributed by atoms with Crippen LogP contribution in [0.3, 0.4) is 0 Å². The van der Waals surface area contributed by atoms with Gasteiger partial charge in [-0.1, -0.05) is 26.2 Å². The Labute approximate surface area is 125 Å². The lowest BCUT2D eigenvalue weighted by Crippen LogP contribution is -2.42. The number of hydrogen-bond acceptors (Lipinski definition) is 3. The van der Waals surface area contributed by atoms with Crippen LogP contribution >= 0.6 is 0 Å². The highest BCUT2D eigenvalue weighted by Gasteiger charge is 2.22. The lowest BCUT2D eigenvalue weighted by Gasteiger charge is -2.28. The summed E-state index contributed by atoms with van der Waals surface area (Å²) >= 11 is 0. The third-order valence-corrected chi connectivity index (χ3v) is 4.52. The third kappa shape index (κ3) is 6.72. The Balaban J connectivity index is 2.19. The Morgan fingerprint density at radius 1 is 1.30 bits per heavy atom. The first-order valence-electron chi connectivity index (χ1n) is 8.44. The van der Waals surface area contributed by atoms with Crippen LogP contribution in [0.2, 0.25) is 0 Å². The average Bonchev–Trinajstić information content (AvgIpc) is 2.46. The molecule has 0 aromatic heterocycles. The van der Waals surface area contributed by atoms with E-state index in [2.05, 4.69) is 30.3 Å². The van der Waals surface area contributed by atoms with Crippen molar-refractivity contribution in [2.75, 3.05) is 26.7 Å². The molecule has 0 aromatic rings. The van der Waals surface area contributed by atoms with E-state index in [1.807, 2.05) is 6.92 Å². The highest BCUT2D eigenvalue weighted by molar-refractivity contribution is 5.03. The largest absolute Gasteiger partial charge is 0.306 e. The molecule has 116 valence electrons. The van der Waals surface area contributed by atoms with Crippen LogP contribution in [0.5, 0.6) is 0 Å². The van der Waals surface area contributed by atoms with Crippen molar-refractivity contribution in [1.82, 2.24) is 10.2 Å². The molecule has 1 saturated carbocycles. The van der Waals surface area contributed by atoms with Gasteiger partial charge in [0.25, 0.3) is 0 Å². The van der Waals surface area contributed by atoms with Crippen molar-refractivity contribution < 1.29 is 0 Å². The number of nitrogens with one attached hydrogen (secondary N) is 1. The van der Waals surface area contributed by atoms with Crippen molar-refractivity contribution in [3.8, 4) is 6.07 Å². The van der Waals surface area contributed by atoms with E-state index in [1.165, 1.54) is 38.6 Å². The minimum atomic E-state index is -0.346. The number of nitrogens with zero attached hydrogens (tertiary/aromatic N) is 2. The Bertz CT molecular complexity index is 291. The van der Waals surface area contributed by atoms with Gasteiger partial charge in [-0.25, -0.2) is 0 Å². The van der Waals surface area contributed by atoms with E-state index < -0.39 is 0 Å². The first-order chi connectivity index (χ1) is 9.59. The quantitative estimate of drug-likeness (QED) is 0.701. The van der Waals surface area contributed by atoms with Crippen LogP contribution in [0.4, 0.5) is 0 Å². The second-order valence-corrected chi connectivity index (χ2v) is 6.74. The number of rotatable bonds is 9. The van der Waals surface area contributed by atoms with Gasteiger partial charge in [0.15, 0.2) is 0 Å². The summed E-state index contributed by atoms with van der Waals surface area (Å²) in [5.74, 6) is 0.911. The Kier molecular flexibility index (Phi) is 8.18. The maximum Gasteiger partial charge on any atom is 0.103 e. The van der Waals surface area contributed by atoms with E-state index >= 15 is 0 Å². The molecular formula is C17H33N3. The molecule has 0 aromatic carbocycles. The molecule has 0 aliphatic heterocycles. The van der Waals surface area contributed by atoms with Gasteiger partial charge in [0.2, 0.25) is 0 Å². The predicted molar refractivity (Wildman–Crippen MR) is 85.6 cm³/mol. The summed E-state index contributed by atoms with van der Waals surface area (Å²) in [6.45, 7) is 7.46. The molecule has 20 heavy (non-hydrogen) atoms. The van der Waals surface area contributed by atoms with Crippen molar-refractivity contribution in [2.24, 2.45) is 5.92 Å². The molecule has 0 radical (unpaired) electrons. The van der Waals surface area contributed by atoms with Gasteiger partial charge in [0, 0.05) is 6.54 Å². The normalized spacial score (nSPS) is 19.8. The smallest absolute Gasteiger partial charge is 0.103 e. The third-order valence-electron chi connectivity index (χ3n) is 4.52. The molecule has 1 N–H and O–H groups in total. The van der Waals surface area contributed by atoms with Gasteiger partial charge in [-0.15, -0.1) is 0 Å². The molecule has 0 bridgehead atoms. The standard InChI is InChI=1S/C17H33N3/c1-4-12-19-17(2,15-18)11-8-13-20(3)14-16-9-6-5-7-10-16/h16,19H,4-14H2,1-3H3. The van der Waals surface area contributed by atoms with Crippen molar-refractivity contribution >= 4 is 0 Å². The zero-order chi connectivity index (χ0) is 14.8. The Hall–Kier alpha value is -0.590. The van der Waals surface area contributed by atoms with E-state index in [-0.39, 0.29) is 5.54 Å². The summed E-state index contributed by atoms with van der Waals surface area (Å²) in [7, 11) is 2.23. The second-order valence-electron chi connectivity index (χ2n) is 6.74. The first-order valence-corrected chi connectivity index (χ1v) is 8.44. The summed E-state index contributed by atoms with van der Waals surface area (Å²) in [5.41, 5.74) is -0.346. The monoisotopic (exact) mass is 279 g/mol. The molecular weight excluding hydrogens is 246 g/mol. The highest BCUT2D eigenvalue weighted by Crippen LogP contribution is 2.24. The highest BCUT2D eigenvalue weighted by atomic mass is 15.1. The van der Waals surface area contributed by atoms with Crippen LogP contribution in [0.25, 0.3) is 0 Å². The van der Waals surface area contributed by atoms with Gasteiger partial charge >= 0.3 is 0 Å². The fourth-order valence-electron chi connectivity index (χ4n) is 3.19. The molecule has 0 amide bonds. The van der Waals surface area contributed by atoms with E-state index in [9.17, 15) is 5.26 Å². The zero-order valence-electron chi connectivity index (χ0n) is 13.7. The number of hydrogen-bond donors (Lipinski definition) is 1. The maximum atomic E-state index is 9.31. The first kappa shape index (κ1) is 17.5. The molecule has 1 aliphatic carbocycles. The van der Waals surface area contributed by atoms with Gasteiger partial charge < -0.3 is 4.90 Å². The average molecular weight is 279 g/mol. The van der Waals surface area contributed by atoms with Crippen molar-refractivity contribution in [1.29, 1.82) is 5.26 Å². The fraction of sp³-hybridized carbons (Fsp3) is 0.941. The molecule has 1 aliphatic rings. The molecule has 0 saturated heterocycles. The van der Waals surface area contributed by atoms with Gasteiger partial charge in [-0.2, -0.15) is 5.26 Å². The SMILES string of the molecule is CCCNC(C)(C#N)CCCN(C)CC1CCCCC1. The van der Waals surface area contributed by atoms with Gasteiger partial charge in [0.05, 0.1) is 6.07 Å². The maximum absolute atomic E-state index is 9.31. The lowest BCUT2D eigenvalue weighted by atomic mass is 9.89. The van der Waals surface area contributed by atoms with E-state index in [4.69, 9.17) is 0 Å². The van der Waals surface area contributed by atoms with Gasteiger partial charge in [-0.05, 0) is 65.1 Å². The zero-order valence-corrected chi connectivity index (χ0v) is 13.7. The van der Waals surface area contributed by atoms with Crippen LogP contribution in [-0.4, -0.2) is 37.1 Å². The second kappa shape index (κ2) is 9.37. The van der Waals surface area contributed by atoms with E-state index in [0.29, 0.717) is 0 Å².